The first-order valence-corrected chi connectivity index (χ1v) is 43.8. The maximum Gasteiger partial charge on any atom is 0.328 e. The normalized spacial score (nSPS) is 12.3. The van der Waals surface area contributed by atoms with E-state index in [9.17, 15) is 0 Å². The Balaban J connectivity index is 0.000000109. The maximum absolute atomic E-state index is 2.53. The van der Waals surface area contributed by atoms with Gasteiger partial charge in [0.05, 0.1) is 0 Å². The van der Waals surface area contributed by atoms with E-state index in [0.29, 0.717) is 0 Å². The summed E-state index contributed by atoms with van der Waals surface area (Å²) in [5, 5.41) is 15.6. The van der Waals surface area contributed by atoms with Gasteiger partial charge in [-0.05, 0) is 221 Å². The van der Waals surface area contributed by atoms with Crippen LogP contribution in [0.25, 0.3) is 143 Å². The molecular formula is C120H82B3N3. The van der Waals surface area contributed by atoms with E-state index in [0.717, 1.165) is 0 Å². The van der Waals surface area contributed by atoms with Crippen molar-refractivity contribution in [1.82, 2.24) is 0 Å². The van der Waals surface area contributed by atoms with Crippen LogP contribution < -0.4 is 47.2 Å². The predicted molar refractivity (Wildman–Crippen MR) is 543 cm³/mol. The van der Waals surface area contributed by atoms with E-state index < -0.39 is 0 Å². The molecule has 0 bridgehead atoms. The van der Waals surface area contributed by atoms with Crippen LogP contribution in [-0.2, 0) is 0 Å². The zero-order valence-corrected chi connectivity index (χ0v) is 69.4. The Bertz CT molecular complexity index is 7800. The summed E-state index contributed by atoms with van der Waals surface area (Å²) < 4.78 is 0. The number of anilines is 6. The second-order valence-corrected chi connectivity index (χ2v) is 33.1. The van der Waals surface area contributed by atoms with Gasteiger partial charge in [0.15, 0.2) is 0 Å². The summed E-state index contributed by atoms with van der Waals surface area (Å²) in [5.41, 5.74) is 32.7. The molecule has 3 aliphatic heterocycles. The summed E-state index contributed by atoms with van der Waals surface area (Å²) in [5.74, 6) is 0. The van der Waals surface area contributed by atoms with Crippen molar-refractivity contribution in [1.29, 1.82) is 0 Å². The largest absolute Gasteiger partial charge is 0.376 e. The number of nitrogens with zero attached hydrogens (tertiary/aromatic N) is 3. The van der Waals surface area contributed by atoms with Crippen LogP contribution in [0.4, 0.5) is 34.1 Å². The second-order valence-electron chi connectivity index (χ2n) is 33.1. The lowest BCUT2D eigenvalue weighted by atomic mass is 9.45. The molecule has 25 rings (SSSR count). The zero-order chi connectivity index (χ0) is 83.4. The molecule has 3 nitrogen and oxygen atoms in total. The highest BCUT2D eigenvalue weighted by Crippen LogP contribution is 2.49. The van der Waals surface area contributed by atoms with Crippen molar-refractivity contribution in [2.75, 3.05) is 14.4 Å². The molecule has 0 saturated carbocycles. The van der Waals surface area contributed by atoms with Crippen molar-refractivity contribution in [3.8, 4) is 77.9 Å². The summed E-state index contributed by atoms with van der Waals surface area (Å²) >= 11 is 0. The van der Waals surface area contributed by atoms with Gasteiger partial charge in [0.25, 0.3) is 0 Å². The Labute approximate surface area is 736 Å². The number of hydrogen-bond donors (Lipinski definition) is 0. The minimum Gasteiger partial charge on any atom is -0.376 e. The summed E-state index contributed by atoms with van der Waals surface area (Å²) in [6.07, 6.45) is 0. The quantitative estimate of drug-likeness (QED) is 0.0998. The third kappa shape index (κ3) is 13.3. The zero-order valence-electron chi connectivity index (χ0n) is 69.4. The molecule has 0 fully saturated rings. The van der Waals surface area contributed by atoms with E-state index in [1.807, 2.05) is 0 Å². The molecule has 22 aromatic rings. The summed E-state index contributed by atoms with van der Waals surface area (Å²) in [6, 6.07) is 181. The topological polar surface area (TPSA) is 9.72 Å². The van der Waals surface area contributed by atoms with E-state index in [-0.39, 0.29) is 20.5 Å². The maximum atomic E-state index is 2.53. The highest BCUT2D eigenvalue weighted by molar-refractivity contribution is 6.92. The van der Waals surface area contributed by atoms with E-state index in [1.54, 1.807) is 0 Å². The number of fused-ring (bicyclic) bond motifs is 21. The SMILES string of the molecule is c1ccc(-c2cccc(-c3ccc(B4c5ccccc5-c5ccccc5N4c4ccccc4)cc3)c2)cc1.c1ccc(B2c3ccccc3-c3c(-c4ccc5c6ccccc6c6ccccc6c5c4)cccc3N2c2ccccc2)cc1.c1ccc(B2c3ccccc3-c3cc(-c4ccc5c6ccccc6c6ccccc6c5c4)ccc3N2c2ccccc2)cc1. The number of para-hydroxylation sites is 4. The summed E-state index contributed by atoms with van der Waals surface area (Å²) in [6.45, 7) is 0.214. The molecule has 0 aliphatic carbocycles. The smallest absolute Gasteiger partial charge is 0.328 e. The van der Waals surface area contributed by atoms with E-state index in [1.165, 1.54) is 209 Å². The molecule has 0 aromatic heterocycles. The first kappa shape index (κ1) is 75.0. The van der Waals surface area contributed by atoms with Gasteiger partial charge < -0.3 is 14.4 Å². The van der Waals surface area contributed by atoms with Crippen molar-refractivity contribution < 1.29 is 0 Å². The van der Waals surface area contributed by atoms with Gasteiger partial charge in [-0.15, -0.1) is 0 Å². The van der Waals surface area contributed by atoms with Crippen LogP contribution in [0.5, 0.6) is 0 Å². The highest BCUT2D eigenvalue weighted by atomic mass is 15.1. The van der Waals surface area contributed by atoms with E-state index in [4.69, 9.17) is 0 Å². The lowest BCUT2D eigenvalue weighted by Crippen LogP contribution is -2.57. The first-order valence-electron chi connectivity index (χ1n) is 43.8. The minimum absolute atomic E-state index is 0.0597. The predicted octanol–water partition coefficient (Wildman–Crippen LogP) is 27.4. The lowest BCUT2D eigenvalue weighted by molar-refractivity contribution is 1.36. The molecule has 6 heteroatoms. The van der Waals surface area contributed by atoms with E-state index >= 15 is 0 Å². The molecule has 0 amide bonds. The molecular weight excluding hydrogens is 1520 g/mol. The van der Waals surface area contributed by atoms with Crippen molar-refractivity contribution in [3.63, 3.8) is 0 Å². The van der Waals surface area contributed by atoms with Crippen LogP contribution in [0.3, 0.4) is 0 Å². The number of benzene rings is 22. The molecule has 0 unspecified atom stereocenters. The molecule has 0 N–H and O–H groups in total. The fourth-order valence-corrected chi connectivity index (χ4v) is 20.5. The van der Waals surface area contributed by atoms with Crippen LogP contribution in [0.2, 0.25) is 0 Å². The van der Waals surface area contributed by atoms with Crippen LogP contribution in [0.15, 0.2) is 497 Å². The van der Waals surface area contributed by atoms with Crippen molar-refractivity contribution in [2.45, 2.75) is 0 Å². The lowest BCUT2D eigenvalue weighted by Gasteiger charge is -2.39. The standard InChI is InChI=1S/2C42H28BN.C36H26BN/c1-3-14-30(15-4-1)43-40-24-12-11-22-38(40)42-32(23-13-25-41(42)44(43)31-16-5-2-6-17-31)29-26-27-37-35-20-8-7-18-33(35)34-19-9-10-21-36(34)39(37)28-29;1-3-13-31(14-4-1)43-41-22-12-11-21-38(41)40-28-30(24-26-42(40)44(43)32-15-5-2-6-16-32)29-23-25-37-35-19-8-7-17-33(35)34-18-9-10-20-36(34)39(37)27-29;1-3-12-27(13-4-1)29-14-11-15-30(26-29)28-22-24-31(25-23-28)37-35-20-9-7-18-33(35)34-19-8-10-21-36(34)38(37)32-16-5-2-6-17-32/h2*1-28H;1-26H. The number of hydrogen-bond acceptors (Lipinski definition) is 3. The van der Waals surface area contributed by atoms with Crippen LogP contribution in [0, 0.1) is 0 Å². The van der Waals surface area contributed by atoms with Crippen molar-refractivity contribution in [3.05, 3.63) is 497 Å². The van der Waals surface area contributed by atoms with Crippen LogP contribution in [-0.4, -0.2) is 20.5 Å². The second kappa shape index (κ2) is 32.4. The molecule has 22 aromatic carbocycles. The summed E-state index contributed by atoms with van der Waals surface area (Å²) in [7, 11) is 0. The molecule has 126 heavy (non-hydrogen) atoms. The molecule has 0 spiro atoms. The van der Waals surface area contributed by atoms with Gasteiger partial charge in [-0.25, -0.2) is 0 Å². The van der Waals surface area contributed by atoms with Crippen molar-refractivity contribution in [2.24, 2.45) is 0 Å². The Morgan fingerprint density at radius 2 is 0.413 bits per heavy atom. The van der Waals surface area contributed by atoms with Crippen LogP contribution >= 0.6 is 0 Å². The van der Waals surface area contributed by atoms with Gasteiger partial charge in [-0.2, -0.15) is 0 Å². The summed E-state index contributed by atoms with van der Waals surface area (Å²) in [4.78, 5) is 7.53. The fourth-order valence-electron chi connectivity index (χ4n) is 20.5. The molecule has 0 radical (unpaired) electrons. The molecule has 3 aliphatic rings. The van der Waals surface area contributed by atoms with Gasteiger partial charge in [-0.3, -0.25) is 0 Å². The van der Waals surface area contributed by atoms with Gasteiger partial charge >= 0.3 is 20.5 Å². The minimum atomic E-state index is 0.0597. The Morgan fingerprint density at radius 3 is 0.897 bits per heavy atom. The monoisotopic (exact) mass is 1600 g/mol. The Hall–Kier alpha value is -16.0. The average Bonchev–Trinajstić information content (AvgIpc) is 0.709. The van der Waals surface area contributed by atoms with E-state index in [2.05, 4.69) is 512 Å². The highest BCUT2D eigenvalue weighted by Gasteiger charge is 2.41. The molecule has 586 valence electrons. The first-order chi connectivity index (χ1) is 62.6. The fraction of sp³-hybridized carbons (Fsp3) is 0. The van der Waals surface area contributed by atoms with Crippen molar-refractivity contribution >= 4 is 152 Å². The van der Waals surface area contributed by atoms with Gasteiger partial charge in [-0.1, -0.05) is 435 Å². The third-order valence-corrected chi connectivity index (χ3v) is 26.1. The Kier molecular flexibility index (Phi) is 19.3. The third-order valence-electron chi connectivity index (χ3n) is 26.1. The molecule has 0 saturated heterocycles. The molecule has 3 heterocycles. The average molecular weight is 1600 g/mol. The molecule has 0 atom stereocenters. The number of rotatable bonds is 10. The Morgan fingerprint density at radius 1 is 0.135 bits per heavy atom. The van der Waals surface area contributed by atoms with Gasteiger partial charge in [0.1, 0.15) is 0 Å². The van der Waals surface area contributed by atoms with Crippen LogP contribution in [0.1, 0.15) is 0 Å². The van der Waals surface area contributed by atoms with Gasteiger partial charge in [0.2, 0.25) is 0 Å². The van der Waals surface area contributed by atoms with Gasteiger partial charge in [0, 0.05) is 50.8 Å².